The normalized spacial score (nSPS) is 17.1. The van der Waals surface area contributed by atoms with Gasteiger partial charge in [-0.2, -0.15) is 0 Å². The van der Waals surface area contributed by atoms with Gasteiger partial charge in [-0.15, -0.1) is 0 Å². The van der Waals surface area contributed by atoms with Gasteiger partial charge in [0.15, 0.2) is 11.5 Å². The molecule has 0 aliphatic carbocycles. The summed E-state index contributed by atoms with van der Waals surface area (Å²) in [5.74, 6) is 1.45. The van der Waals surface area contributed by atoms with E-state index in [1.54, 1.807) is 7.11 Å². The van der Waals surface area contributed by atoms with Crippen LogP contribution in [-0.2, 0) is 6.42 Å². The maximum absolute atomic E-state index is 9.79. The van der Waals surface area contributed by atoms with E-state index in [0.717, 1.165) is 29.5 Å². The maximum Gasteiger partial charge on any atom is 0.161 e. The fourth-order valence-electron chi connectivity index (χ4n) is 2.30. The number of methoxy groups -OCH3 is 1. The SMILES string of the molecule is COc1cc(Br)c(CC2CCNCC2)cc1O. The Kier molecular flexibility index (Phi) is 4.29. The highest BCUT2D eigenvalue weighted by molar-refractivity contribution is 9.10. The lowest BCUT2D eigenvalue weighted by molar-refractivity contribution is 0.364. The zero-order valence-electron chi connectivity index (χ0n) is 10.0. The van der Waals surface area contributed by atoms with E-state index in [9.17, 15) is 5.11 Å². The Morgan fingerprint density at radius 1 is 1.41 bits per heavy atom. The third-order valence-electron chi connectivity index (χ3n) is 3.32. The molecule has 1 heterocycles. The summed E-state index contributed by atoms with van der Waals surface area (Å²) in [6.45, 7) is 2.20. The number of rotatable bonds is 3. The lowest BCUT2D eigenvalue weighted by atomic mass is 9.91. The van der Waals surface area contributed by atoms with Crippen molar-refractivity contribution in [2.24, 2.45) is 5.92 Å². The first-order valence-electron chi connectivity index (χ1n) is 5.97. The molecule has 4 heteroatoms. The monoisotopic (exact) mass is 299 g/mol. The Morgan fingerprint density at radius 2 is 2.12 bits per heavy atom. The number of nitrogens with one attached hydrogen (secondary N) is 1. The highest BCUT2D eigenvalue weighted by Crippen LogP contribution is 2.34. The van der Waals surface area contributed by atoms with E-state index < -0.39 is 0 Å². The molecule has 1 saturated heterocycles. The van der Waals surface area contributed by atoms with Gasteiger partial charge in [0.05, 0.1) is 7.11 Å². The second-order valence-corrected chi connectivity index (χ2v) is 5.37. The zero-order chi connectivity index (χ0) is 12.3. The molecule has 2 rings (SSSR count). The molecule has 0 radical (unpaired) electrons. The van der Waals surface area contributed by atoms with Crippen LogP contribution in [0, 0.1) is 5.92 Å². The fraction of sp³-hybridized carbons (Fsp3) is 0.538. The molecule has 0 atom stereocenters. The van der Waals surface area contributed by atoms with Crippen molar-refractivity contribution in [3.63, 3.8) is 0 Å². The minimum atomic E-state index is 0.222. The summed E-state index contributed by atoms with van der Waals surface area (Å²) in [6, 6.07) is 3.65. The van der Waals surface area contributed by atoms with Crippen LogP contribution in [0.2, 0.25) is 0 Å². The molecule has 0 aromatic heterocycles. The van der Waals surface area contributed by atoms with Crippen molar-refractivity contribution >= 4 is 15.9 Å². The first-order valence-corrected chi connectivity index (χ1v) is 6.76. The van der Waals surface area contributed by atoms with Crippen LogP contribution in [0.15, 0.2) is 16.6 Å². The molecule has 1 aliphatic heterocycles. The van der Waals surface area contributed by atoms with Crippen molar-refractivity contribution in [2.75, 3.05) is 20.2 Å². The van der Waals surface area contributed by atoms with Crippen LogP contribution in [0.3, 0.4) is 0 Å². The molecule has 1 fully saturated rings. The minimum absolute atomic E-state index is 0.222. The summed E-state index contributed by atoms with van der Waals surface area (Å²) in [4.78, 5) is 0. The van der Waals surface area contributed by atoms with Gasteiger partial charge in [-0.1, -0.05) is 15.9 Å². The van der Waals surface area contributed by atoms with Gasteiger partial charge in [0.25, 0.3) is 0 Å². The maximum atomic E-state index is 9.79. The van der Waals surface area contributed by atoms with Crippen molar-refractivity contribution < 1.29 is 9.84 Å². The van der Waals surface area contributed by atoms with Gasteiger partial charge >= 0.3 is 0 Å². The molecule has 0 unspecified atom stereocenters. The van der Waals surface area contributed by atoms with E-state index in [4.69, 9.17) is 4.74 Å². The molecule has 0 bridgehead atoms. The number of halogens is 1. The number of ether oxygens (including phenoxy) is 1. The highest BCUT2D eigenvalue weighted by atomic mass is 79.9. The van der Waals surface area contributed by atoms with Crippen molar-refractivity contribution in [3.05, 3.63) is 22.2 Å². The largest absolute Gasteiger partial charge is 0.504 e. The van der Waals surface area contributed by atoms with Crippen LogP contribution in [0.5, 0.6) is 11.5 Å². The highest BCUT2D eigenvalue weighted by Gasteiger charge is 2.16. The predicted octanol–water partition coefficient (Wildman–Crippen LogP) is 2.71. The first-order chi connectivity index (χ1) is 8.20. The Labute approximate surface area is 110 Å². The molecule has 2 N–H and O–H groups in total. The van der Waals surface area contributed by atoms with E-state index >= 15 is 0 Å². The summed E-state index contributed by atoms with van der Waals surface area (Å²) in [5, 5.41) is 13.2. The fourth-order valence-corrected chi connectivity index (χ4v) is 2.79. The molecule has 3 nitrogen and oxygen atoms in total. The Morgan fingerprint density at radius 3 is 2.76 bits per heavy atom. The van der Waals surface area contributed by atoms with E-state index in [0.29, 0.717) is 11.7 Å². The topological polar surface area (TPSA) is 41.5 Å². The molecule has 17 heavy (non-hydrogen) atoms. The van der Waals surface area contributed by atoms with Crippen LogP contribution < -0.4 is 10.1 Å². The van der Waals surface area contributed by atoms with E-state index in [-0.39, 0.29) is 5.75 Å². The molecule has 0 amide bonds. The molecule has 1 aromatic carbocycles. The quantitative estimate of drug-likeness (QED) is 0.902. The second-order valence-electron chi connectivity index (χ2n) is 4.51. The minimum Gasteiger partial charge on any atom is -0.504 e. The Hall–Kier alpha value is -0.740. The van der Waals surface area contributed by atoms with Crippen LogP contribution in [0.1, 0.15) is 18.4 Å². The number of piperidine rings is 1. The average molecular weight is 300 g/mol. The van der Waals surface area contributed by atoms with Crippen molar-refractivity contribution in [2.45, 2.75) is 19.3 Å². The van der Waals surface area contributed by atoms with Crippen LogP contribution in [0.25, 0.3) is 0 Å². The lowest BCUT2D eigenvalue weighted by Crippen LogP contribution is -2.28. The summed E-state index contributed by atoms with van der Waals surface area (Å²) in [5.41, 5.74) is 1.16. The lowest BCUT2D eigenvalue weighted by Gasteiger charge is -2.23. The van der Waals surface area contributed by atoms with Gasteiger partial charge in [-0.05, 0) is 56.0 Å². The van der Waals surface area contributed by atoms with Gasteiger partial charge in [-0.3, -0.25) is 0 Å². The zero-order valence-corrected chi connectivity index (χ0v) is 11.6. The van der Waals surface area contributed by atoms with Gasteiger partial charge in [0.2, 0.25) is 0 Å². The third kappa shape index (κ3) is 3.13. The van der Waals surface area contributed by atoms with E-state index in [1.165, 1.54) is 12.8 Å². The molecule has 1 aromatic rings. The number of phenolic OH excluding ortho intramolecular Hbond substituents is 1. The predicted molar refractivity (Wildman–Crippen MR) is 71.7 cm³/mol. The Bertz CT molecular complexity index is 389. The van der Waals surface area contributed by atoms with Crippen molar-refractivity contribution in [3.8, 4) is 11.5 Å². The number of hydrogen-bond donors (Lipinski definition) is 2. The molecular formula is C13H18BrNO2. The molecule has 0 spiro atoms. The summed E-state index contributed by atoms with van der Waals surface area (Å²) in [6.07, 6.45) is 3.43. The average Bonchev–Trinajstić information content (AvgIpc) is 2.34. The van der Waals surface area contributed by atoms with Crippen LogP contribution >= 0.6 is 15.9 Å². The van der Waals surface area contributed by atoms with Gasteiger partial charge in [0, 0.05) is 4.47 Å². The summed E-state index contributed by atoms with van der Waals surface area (Å²) >= 11 is 3.54. The first kappa shape index (κ1) is 12.7. The number of benzene rings is 1. The van der Waals surface area contributed by atoms with Gasteiger partial charge in [0.1, 0.15) is 0 Å². The molecular weight excluding hydrogens is 282 g/mol. The van der Waals surface area contributed by atoms with Crippen molar-refractivity contribution in [1.29, 1.82) is 0 Å². The standard InChI is InChI=1S/C13H18BrNO2/c1-17-13-8-11(14)10(7-12(13)16)6-9-2-4-15-5-3-9/h7-9,15-16H,2-6H2,1H3. The molecule has 0 saturated carbocycles. The molecule has 1 aliphatic rings. The van der Waals surface area contributed by atoms with Crippen LogP contribution in [0.4, 0.5) is 0 Å². The number of phenols is 1. The van der Waals surface area contributed by atoms with Crippen LogP contribution in [-0.4, -0.2) is 25.3 Å². The van der Waals surface area contributed by atoms with Gasteiger partial charge < -0.3 is 15.2 Å². The number of aromatic hydroxyl groups is 1. The third-order valence-corrected chi connectivity index (χ3v) is 4.05. The molecule has 94 valence electrons. The number of hydrogen-bond acceptors (Lipinski definition) is 3. The van der Waals surface area contributed by atoms with E-state index in [1.807, 2.05) is 12.1 Å². The Balaban J connectivity index is 2.12. The summed E-state index contributed by atoms with van der Waals surface area (Å²) < 4.78 is 6.10. The summed E-state index contributed by atoms with van der Waals surface area (Å²) in [7, 11) is 1.56. The van der Waals surface area contributed by atoms with Crippen molar-refractivity contribution in [1.82, 2.24) is 5.32 Å². The smallest absolute Gasteiger partial charge is 0.161 e. The second kappa shape index (κ2) is 5.74. The van der Waals surface area contributed by atoms with Gasteiger partial charge in [-0.25, -0.2) is 0 Å². The van der Waals surface area contributed by atoms with E-state index in [2.05, 4.69) is 21.2 Å².